The first-order valence-electron chi connectivity index (χ1n) is 8.81. The van der Waals surface area contributed by atoms with Crippen molar-refractivity contribution >= 4 is 40.5 Å². The lowest BCUT2D eigenvalue weighted by Crippen LogP contribution is -2.48. The number of methoxy groups -OCH3 is 1. The number of anilines is 1. The molecule has 1 aromatic heterocycles. The summed E-state index contributed by atoms with van der Waals surface area (Å²) in [5.41, 5.74) is 0.970. The van der Waals surface area contributed by atoms with E-state index < -0.39 is 5.97 Å². The molecule has 2 aromatic rings. The highest BCUT2D eigenvalue weighted by Gasteiger charge is 2.22. The van der Waals surface area contributed by atoms with Gasteiger partial charge in [-0.05, 0) is 23.6 Å². The van der Waals surface area contributed by atoms with Crippen molar-refractivity contribution < 1.29 is 18.7 Å². The summed E-state index contributed by atoms with van der Waals surface area (Å²) in [5.74, 6) is -0.952. The molecule has 1 aliphatic heterocycles. The number of ether oxygens (including phenoxy) is 1. The molecule has 1 saturated heterocycles. The summed E-state index contributed by atoms with van der Waals surface area (Å²) in [6.45, 7) is 3.47. The molecule has 28 heavy (non-hydrogen) atoms. The first-order valence-corrected chi connectivity index (χ1v) is 10.1. The minimum atomic E-state index is -0.467. The van der Waals surface area contributed by atoms with E-state index in [1.165, 1.54) is 24.5 Å². The van der Waals surface area contributed by atoms with Crippen LogP contribution in [0, 0.1) is 5.82 Å². The van der Waals surface area contributed by atoms with Crippen LogP contribution in [0.15, 0.2) is 29.6 Å². The van der Waals surface area contributed by atoms with Crippen molar-refractivity contribution in [2.75, 3.05) is 45.2 Å². The van der Waals surface area contributed by atoms with Gasteiger partial charge in [0.05, 0.1) is 19.3 Å². The van der Waals surface area contributed by atoms with Crippen LogP contribution in [0.25, 0.3) is 0 Å². The zero-order valence-electron chi connectivity index (χ0n) is 15.4. The second-order valence-electron chi connectivity index (χ2n) is 6.46. The van der Waals surface area contributed by atoms with E-state index in [2.05, 4.69) is 10.2 Å². The van der Waals surface area contributed by atoms with Gasteiger partial charge in [-0.3, -0.25) is 14.6 Å². The lowest BCUT2D eigenvalue weighted by molar-refractivity contribution is -0.117. The van der Waals surface area contributed by atoms with E-state index in [0.717, 1.165) is 0 Å². The van der Waals surface area contributed by atoms with Gasteiger partial charge in [0.1, 0.15) is 10.7 Å². The molecule has 0 spiro atoms. The Morgan fingerprint density at radius 3 is 2.61 bits per heavy atom. The number of carbonyl (C=O) groups is 2. The third-order valence-electron chi connectivity index (χ3n) is 4.59. The number of esters is 1. The van der Waals surface area contributed by atoms with Gasteiger partial charge in [0.25, 0.3) is 0 Å². The molecule has 3 rings (SSSR count). The molecule has 0 bridgehead atoms. The summed E-state index contributed by atoms with van der Waals surface area (Å²) in [4.78, 5) is 28.5. The van der Waals surface area contributed by atoms with Crippen LogP contribution in [0.5, 0.6) is 0 Å². The number of thiophene rings is 1. The lowest BCUT2D eigenvalue weighted by Gasteiger charge is -2.34. The highest BCUT2D eigenvalue weighted by molar-refractivity contribution is 7.12. The average molecular weight is 426 g/mol. The summed E-state index contributed by atoms with van der Waals surface area (Å²) in [7, 11) is 1.31. The molecule has 9 heteroatoms. The van der Waals surface area contributed by atoms with Gasteiger partial charge in [0, 0.05) is 43.3 Å². The smallest absolute Gasteiger partial charge is 0.350 e. The molecule has 1 aromatic carbocycles. The molecule has 2 heterocycles. The maximum absolute atomic E-state index is 13.9. The Bertz CT molecular complexity index is 832. The fourth-order valence-corrected chi connectivity index (χ4v) is 4.05. The van der Waals surface area contributed by atoms with Crippen molar-refractivity contribution in [3.8, 4) is 0 Å². The van der Waals surface area contributed by atoms with Gasteiger partial charge in [-0.15, -0.1) is 11.3 Å². The van der Waals surface area contributed by atoms with Gasteiger partial charge in [0.15, 0.2) is 0 Å². The van der Waals surface area contributed by atoms with Crippen LogP contribution in [0.1, 0.15) is 15.2 Å². The first kappa shape index (κ1) is 20.7. The fourth-order valence-electron chi connectivity index (χ4n) is 3.06. The van der Waals surface area contributed by atoms with Gasteiger partial charge >= 0.3 is 5.97 Å². The van der Waals surface area contributed by atoms with E-state index >= 15 is 0 Å². The number of hydrogen-bond donors (Lipinski definition) is 1. The zero-order chi connectivity index (χ0) is 20.1. The van der Waals surface area contributed by atoms with E-state index in [9.17, 15) is 14.0 Å². The predicted molar refractivity (Wildman–Crippen MR) is 107 cm³/mol. The number of nitrogens with zero attached hydrogens (tertiary/aromatic N) is 2. The topological polar surface area (TPSA) is 61.9 Å². The molecule has 1 amide bonds. The van der Waals surface area contributed by atoms with Crippen molar-refractivity contribution in [1.29, 1.82) is 0 Å². The van der Waals surface area contributed by atoms with Crippen molar-refractivity contribution in [3.63, 3.8) is 0 Å². The van der Waals surface area contributed by atoms with Crippen LogP contribution < -0.4 is 5.32 Å². The Hall–Kier alpha value is -2.00. The number of benzene rings is 1. The van der Waals surface area contributed by atoms with E-state index in [0.29, 0.717) is 53.9 Å². The molecular weight excluding hydrogens is 405 g/mol. The maximum atomic E-state index is 13.9. The molecular formula is C19H21ClFN3O3S. The Morgan fingerprint density at radius 2 is 1.93 bits per heavy atom. The van der Waals surface area contributed by atoms with Gasteiger partial charge in [-0.25, -0.2) is 9.18 Å². The van der Waals surface area contributed by atoms with E-state index in [1.807, 2.05) is 4.90 Å². The quantitative estimate of drug-likeness (QED) is 0.721. The summed E-state index contributed by atoms with van der Waals surface area (Å²) >= 11 is 7.32. The van der Waals surface area contributed by atoms with Gasteiger partial charge in [-0.1, -0.05) is 17.7 Å². The number of halogens is 2. The van der Waals surface area contributed by atoms with Gasteiger partial charge in [0.2, 0.25) is 5.91 Å². The number of carbonyl (C=O) groups excluding carboxylic acids is 2. The highest BCUT2D eigenvalue weighted by atomic mass is 35.5. The minimum Gasteiger partial charge on any atom is -0.465 e. The maximum Gasteiger partial charge on any atom is 0.350 e. The largest absolute Gasteiger partial charge is 0.465 e. The van der Waals surface area contributed by atoms with Crippen molar-refractivity contribution in [1.82, 2.24) is 9.80 Å². The SMILES string of the molecule is COC(=O)c1sccc1NC(=O)CN1CCN(Cc2c(F)cccc2Cl)CC1. The Labute approximate surface area is 171 Å². The van der Waals surface area contributed by atoms with Crippen LogP contribution in [-0.4, -0.2) is 61.5 Å². The van der Waals surface area contributed by atoms with Crippen molar-refractivity contribution in [2.24, 2.45) is 0 Å². The van der Waals surface area contributed by atoms with Crippen LogP contribution in [0.4, 0.5) is 10.1 Å². The minimum absolute atomic E-state index is 0.186. The van der Waals surface area contributed by atoms with Crippen LogP contribution in [-0.2, 0) is 16.1 Å². The van der Waals surface area contributed by atoms with Crippen molar-refractivity contribution in [3.05, 3.63) is 50.9 Å². The molecule has 0 atom stereocenters. The summed E-state index contributed by atoms with van der Waals surface area (Å²) in [6, 6.07) is 6.38. The molecule has 1 fully saturated rings. The summed E-state index contributed by atoms with van der Waals surface area (Å²) < 4.78 is 18.7. The number of amides is 1. The van der Waals surface area contributed by atoms with Crippen molar-refractivity contribution in [2.45, 2.75) is 6.54 Å². The fraction of sp³-hybridized carbons (Fsp3) is 0.368. The van der Waals surface area contributed by atoms with Gasteiger partial charge < -0.3 is 10.1 Å². The standard InChI is InChI=1S/C19H21ClFN3O3S/c1-27-19(26)18-16(5-10-28-18)22-17(25)12-24-8-6-23(7-9-24)11-13-14(20)3-2-4-15(13)21/h2-5,10H,6-9,11-12H2,1H3,(H,22,25). The number of nitrogens with one attached hydrogen (secondary N) is 1. The van der Waals surface area contributed by atoms with Crippen LogP contribution >= 0.6 is 22.9 Å². The summed E-state index contributed by atoms with van der Waals surface area (Å²) in [6.07, 6.45) is 0. The second kappa shape index (κ2) is 9.47. The number of piperazine rings is 1. The zero-order valence-corrected chi connectivity index (χ0v) is 17.0. The Morgan fingerprint density at radius 1 is 1.21 bits per heavy atom. The molecule has 0 aliphatic carbocycles. The van der Waals surface area contributed by atoms with Crippen LogP contribution in [0.2, 0.25) is 5.02 Å². The van der Waals surface area contributed by atoms with Crippen LogP contribution in [0.3, 0.4) is 0 Å². The third-order valence-corrected chi connectivity index (χ3v) is 5.83. The highest BCUT2D eigenvalue weighted by Crippen LogP contribution is 2.23. The number of rotatable bonds is 6. The molecule has 150 valence electrons. The molecule has 6 nitrogen and oxygen atoms in total. The lowest BCUT2D eigenvalue weighted by atomic mass is 10.2. The Balaban J connectivity index is 1.48. The molecule has 1 N–H and O–H groups in total. The van der Waals surface area contributed by atoms with E-state index in [-0.39, 0.29) is 18.3 Å². The number of hydrogen-bond acceptors (Lipinski definition) is 6. The predicted octanol–water partition coefficient (Wildman–Crippen LogP) is 3.08. The molecule has 0 saturated carbocycles. The van der Waals surface area contributed by atoms with E-state index in [1.54, 1.807) is 23.6 Å². The third kappa shape index (κ3) is 5.08. The molecule has 0 unspecified atom stereocenters. The normalized spacial score (nSPS) is 15.4. The Kier molecular flexibility index (Phi) is 7.01. The monoisotopic (exact) mass is 425 g/mol. The molecule has 1 aliphatic rings. The second-order valence-corrected chi connectivity index (χ2v) is 7.78. The van der Waals surface area contributed by atoms with Gasteiger partial charge in [-0.2, -0.15) is 0 Å². The average Bonchev–Trinajstić information content (AvgIpc) is 3.13. The molecule has 0 radical (unpaired) electrons. The summed E-state index contributed by atoms with van der Waals surface area (Å²) in [5, 5.41) is 4.93. The van der Waals surface area contributed by atoms with E-state index in [4.69, 9.17) is 16.3 Å². The first-order chi connectivity index (χ1) is 13.5.